The summed E-state index contributed by atoms with van der Waals surface area (Å²) >= 11 is 0. The van der Waals surface area contributed by atoms with Gasteiger partial charge in [-0.2, -0.15) is 0 Å². The summed E-state index contributed by atoms with van der Waals surface area (Å²) in [4.78, 5) is 80.9. The molecule has 6 rings (SSSR count). The molecule has 0 spiro atoms. The highest BCUT2D eigenvalue weighted by Crippen LogP contribution is 2.52. The van der Waals surface area contributed by atoms with E-state index in [0.29, 0.717) is 37.0 Å². The smallest absolute Gasteiger partial charge is 0.305 e. The molecule has 2 saturated carbocycles. The van der Waals surface area contributed by atoms with Crippen LogP contribution in [0.25, 0.3) is 21.9 Å². The normalized spacial score (nSPS) is 26.6. The Morgan fingerprint density at radius 1 is 0.979 bits per heavy atom. The van der Waals surface area contributed by atoms with E-state index < -0.39 is 64.4 Å². The predicted octanol–water partition coefficient (Wildman–Crippen LogP) is 2.57. The van der Waals surface area contributed by atoms with Crippen molar-refractivity contribution in [2.24, 2.45) is 29.4 Å². The summed E-state index contributed by atoms with van der Waals surface area (Å²) in [5, 5.41) is 24.7. The third kappa shape index (κ3) is 5.03. The molecule has 0 bridgehead atoms. The summed E-state index contributed by atoms with van der Waals surface area (Å²) in [5.74, 6) is -11.1. The molecule has 1 amide bonds. The summed E-state index contributed by atoms with van der Waals surface area (Å²) in [6, 6.07) is 13.7. The van der Waals surface area contributed by atoms with E-state index in [2.05, 4.69) is 0 Å². The minimum absolute atomic E-state index is 0.0286. The first-order valence-corrected chi connectivity index (χ1v) is 16.2. The van der Waals surface area contributed by atoms with Crippen molar-refractivity contribution in [3.63, 3.8) is 0 Å². The van der Waals surface area contributed by atoms with Gasteiger partial charge in [-0.05, 0) is 91.7 Å². The van der Waals surface area contributed by atoms with E-state index in [9.17, 15) is 39.0 Å². The van der Waals surface area contributed by atoms with Gasteiger partial charge in [0.2, 0.25) is 5.91 Å². The van der Waals surface area contributed by atoms with Crippen LogP contribution in [-0.2, 0) is 41.6 Å². The summed E-state index contributed by atoms with van der Waals surface area (Å²) in [6.45, 7) is 2.10. The van der Waals surface area contributed by atoms with Gasteiger partial charge in [-0.15, -0.1) is 0 Å². The Morgan fingerprint density at radius 3 is 2.33 bits per heavy atom. The number of likely N-dealkylation sites (N-methyl/N-ethyl adjacent to an activating group) is 1. The number of rotatable bonds is 8. The summed E-state index contributed by atoms with van der Waals surface area (Å²) in [5.41, 5.74) is 5.64. The van der Waals surface area contributed by atoms with Crippen LogP contribution < -0.4 is 5.73 Å². The average molecular weight is 655 g/mol. The Balaban J connectivity index is 1.43. The number of aromatic hydroxyl groups is 1. The highest BCUT2D eigenvalue weighted by molar-refractivity contribution is 6.32. The number of fused-ring (bicyclic) bond motifs is 4. The number of ketones is 4. The van der Waals surface area contributed by atoms with Crippen LogP contribution in [0.4, 0.5) is 0 Å². The summed E-state index contributed by atoms with van der Waals surface area (Å²) < 4.78 is 5.06. The molecule has 11 heteroatoms. The molecule has 0 saturated heterocycles. The van der Waals surface area contributed by atoms with Gasteiger partial charge in [0.25, 0.3) is 0 Å². The number of ether oxygens (including phenoxy) is 1. The number of carbonyl (C=O) groups is 6. The van der Waals surface area contributed by atoms with Crippen LogP contribution in [0.15, 0.2) is 48.5 Å². The lowest BCUT2D eigenvalue weighted by Crippen LogP contribution is -2.74. The number of amides is 1. The van der Waals surface area contributed by atoms with Crippen LogP contribution in [0, 0.1) is 23.7 Å². The van der Waals surface area contributed by atoms with E-state index in [4.69, 9.17) is 10.5 Å². The minimum Gasteiger partial charge on any atom is -0.507 e. The number of esters is 1. The molecule has 48 heavy (non-hydrogen) atoms. The number of carbonyl (C=O) groups excluding carboxylic acids is 6. The summed E-state index contributed by atoms with van der Waals surface area (Å²) in [6.07, 6.45) is 1.67. The quantitative estimate of drug-likeness (QED) is 0.241. The molecule has 4 N–H and O–H groups in total. The van der Waals surface area contributed by atoms with E-state index in [1.807, 2.05) is 36.4 Å². The van der Waals surface area contributed by atoms with Crippen LogP contribution in [0.5, 0.6) is 5.75 Å². The van der Waals surface area contributed by atoms with Crippen molar-refractivity contribution < 1.29 is 43.7 Å². The van der Waals surface area contributed by atoms with Gasteiger partial charge in [-0.1, -0.05) is 42.5 Å². The Morgan fingerprint density at radius 2 is 1.67 bits per heavy atom. The monoisotopic (exact) mass is 654 g/mol. The lowest BCUT2D eigenvalue weighted by atomic mass is 9.52. The second-order valence-corrected chi connectivity index (χ2v) is 13.3. The maximum Gasteiger partial charge on any atom is 0.305 e. The van der Waals surface area contributed by atoms with Crippen LogP contribution in [-0.4, -0.2) is 82.5 Å². The predicted molar refractivity (Wildman–Crippen MR) is 174 cm³/mol. The number of nitrogens with two attached hydrogens (primary N) is 1. The average Bonchev–Trinajstić information content (AvgIpc) is 3.03. The first-order valence-electron chi connectivity index (χ1n) is 16.2. The number of nitrogens with zero attached hydrogens (tertiary/aromatic N) is 1. The van der Waals surface area contributed by atoms with E-state index in [1.54, 1.807) is 27.1 Å². The molecule has 0 aliphatic heterocycles. The molecular formula is C37H38N2O9. The fraction of sp³-hybridized carbons (Fsp3) is 0.405. The van der Waals surface area contributed by atoms with E-state index >= 15 is 0 Å². The largest absolute Gasteiger partial charge is 0.507 e. The molecule has 6 atom stereocenters. The molecule has 3 aliphatic carbocycles. The second-order valence-electron chi connectivity index (χ2n) is 13.3. The van der Waals surface area contributed by atoms with Crippen molar-refractivity contribution in [1.82, 2.24) is 4.90 Å². The standard InChI is InChI=1S/C37H38N2O9/c1-4-48-27(41)11-7-8-18-12-13-22(21-10-6-5-9-20(18)21)23-14-15-26(40)29-24(23)16-19-17-25-31(39(2)3)33(43)30(36(38)46)35(45)37(25,47)34(44)28(19)32(29)42/h5-6,9-10,12-15,19,25,28,30-31,40,47H,4,7-8,11,16-17H2,1-3H3,(H2,38,46)/t19-,25-,28?,30?,31-,37-/m1/s1. The fourth-order valence-electron chi connectivity index (χ4n) is 8.33. The summed E-state index contributed by atoms with van der Waals surface area (Å²) in [7, 11) is 3.10. The zero-order valence-corrected chi connectivity index (χ0v) is 27.0. The molecule has 0 radical (unpaired) electrons. The highest BCUT2D eigenvalue weighted by Gasteiger charge is 2.69. The van der Waals surface area contributed by atoms with Crippen molar-refractivity contribution in [2.45, 2.75) is 50.7 Å². The molecule has 3 aliphatic rings. The molecule has 3 aromatic carbocycles. The molecule has 11 nitrogen and oxygen atoms in total. The SMILES string of the molecule is CCOC(=O)CCCc1ccc(-c2ccc(O)c3c2C[C@@H]2C[C@@H]4[C@@H](N(C)C)C(=O)C(C(N)=O)C(=O)[C@]4(O)C(=O)C2C3=O)c2ccccc12. The molecule has 250 valence electrons. The number of Topliss-reactive ketones (excluding diaryl/α,β-unsaturated/α-hetero) is 4. The fourth-order valence-corrected chi connectivity index (χ4v) is 8.33. The lowest BCUT2D eigenvalue weighted by molar-refractivity contribution is -0.181. The third-order valence-corrected chi connectivity index (χ3v) is 10.4. The minimum atomic E-state index is -2.77. The maximum absolute atomic E-state index is 14.2. The van der Waals surface area contributed by atoms with Crippen LogP contribution in [0.1, 0.15) is 47.7 Å². The molecular weight excluding hydrogens is 616 g/mol. The van der Waals surface area contributed by atoms with Gasteiger partial charge in [-0.25, -0.2) is 0 Å². The first kappa shape index (κ1) is 33.2. The van der Waals surface area contributed by atoms with Gasteiger partial charge < -0.3 is 20.7 Å². The van der Waals surface area contributed by atoms with Gasteiger partial charge >= 0.3 is 5.97 Å². The number of hydrogen-bond acceptors (Lipinski definition) is 10. The van der Waals surface area contributed by atoms with Gasteiger partial charge in [0.05, 0.1) is 24.1 Å². The van der Waals surface area contributed by atoms with Gasteiger partial charge in [0, 0.05) is 12.3 Å². The molecule has 2 unspecified atom stereocenters. The number of phenolic OH excluding ortho intramolecular Hbond substituents is 1. The Hall–Kier alpha value is -4.74. The van der Waals surface area contributed by atoms with Crippen molar-refractivity contribution >= 4 is 45.8 Å². The van der Waals surface area contributed by atoms with Crippen molar-refractivity contribution in [3.8, 4) is 16.9 Å². The number of phenols is 1. The highest BCUT2D eigenvalue weighted by atomic mass is 16.5. The zero-order valence-electron chi connectivity index (χ0n) is 27.0. The van der Waals surface area contributed by atoms with Crippen LogP contribution >= 0.6 is 0 Å². The van der Waals surface area contributed by atoms with E-state index in [-0.39, 0.29) is 30.1 Å². The number of primary amides is 1. The Kier molecular flexibility index (Phi) is 8.55. The maximum atomic E-state index is 14.2. The van der Waals surface area contributed by atoms with Gasteiger partial charge in [0.1, 0.15) is 5.75 Å². The second kappa shape index (κ2) is 12.4. The van der Waals surface area contributed by atoms with Crippen molar-refractivity contribution in [2.75, 3.05) is 20.7 Å². The zero-order chi connectivity index (χ0) is 34.7. The van der Waals surface area contributed by atoms with Crippen LogP contribution in [0.2, 0.25) is 0 Å². The number of hydrogen-bond donors (Lipinski definition) is 3. The molecule has 0 heterocycles. The Labute approximate surface area is 277 Å². The van der Waals surface area contributed by atoms with Crippen molar-refractivity contribution in [3.05, 3.63) is 65.2 Å². The Bertz CT molecular complexity index is 1900. The number of benzene rings is 3. The van der Waals surface area contributed by atoms with E-state index in [1.165, 1.54) is 11.0 Å². The first-order chi connectivity index (χ1) is 22.8. The third-order valence-electron chi connectivity index (χ3n) is 10.4. The van der Waals surface area contributed by atoms with Crippen molar-refractivity contribution in [1.29, 1.82) is 0 Å². The molecule has 3 aromatic rings. The topological polar surface area (TPSA) is 181 Å². The van der Waals surface area contributed by atoms with Gasteiger partial charge in [-0.3, -0.25) is 33.7 Å². The van der Waals surface area contributed by atoms with Crippen LogP contribution in [0.3, 0.4) is 0 Å². The van der Waals surface area contributed by atoms with E-state index in [0.717, 1.165) is 21.9 Å². The molecule has 0 aromatic heterocycles. The van der Waals surface area contributed by atoms with Gasteiger partial charge in [0.15, 0.2) is 34.7 Å². The number of aliphatic hydroxyl groups is 1. The number of aryl methyl sites for hydroxylation is 1. The molecule has 2 fully saturated rings. The lowest BCUT2D eigenvalue weighted by Gasteiger charge is -2.52.